The molecule has 172 valence electrons. The van der Waals surface area contributed by atoms with E-state index in [0.29, 0.717) is 36.7 Å². The van der Waals surface area contributed by atoms with Crippen LogP contribution in [-0.2, 0) is 4.74 Å². The summed E-state index contributed by atoms with van der Waals surface area (Å²) in [6.07, 6.45) is 3.42. The smallest absolute Gasteiger partial charge is 0.323 e. The molecule has 0 bridgehead atoms. The average molecular weight is 441 g/mol. The maximum absolute atomic E-state index is 12.9. The molecule has 0 aromatic heterocycles. The number of nitrogens with one attached hydrogen (secondary N) is 3. The van der Waals surface area contributed by atoms with Crippen molar-refractivity contribution in [3.05, 3.63) is 48.0 Å². The summed E-state index contributed by atoms with van der Waals surface area (Å²) in [6, 6.07) is 12.2. The van der Waals surface area contributed by atoms with E-state index in [9.17, 15) is 9.59 Å². The Morgan fingerprint density at radius 1 is 0.969 bits per heavy atom. The predicted octanol–water partition coefficient (Wildman–Crippen LogP) is 4.10. The topological polar surface area (TPSA) is 91.9 Å². The van der Waals surface area contributed by atoms with Gasteiger partial charge in [0, 0.05) is 43.8 Å². The zero-order chi connectivity index (χ0) is 22.8. The molecule has 3 N–H and O–H groups in total. The van der Waals surface area contributed by atoms with Crippen LogP contribution in [0.15, 0.2) is 42.5 Å². The van der Waals surface area contributed by atoms with Gasteiger partial charge in [-0.05, 0) is 68.7 Å². The van der Waals surface area contributed by atoms with Crippen molar-refractivity contribution in [2.75, 3.05) is 55.5 Å². The molecule has 0 unspecified atom stereocenters. The minimum Gasteiger partial charge on any atom is -0.494 e. The number of anilines is 3. The molecule has 1 fully saturated rings. The van der Waals surface area contributed by atoms with E-state index in [1.54, 1.807) is 37.4 Å². The van der Waals surface area contributed by atoms with Gasteiger partial charge >= 0.3 is 6.03 Å². The van der Waals surface area contributed by atoms with Crippen molar-refractivity contribution in [3.63, 3.8) is 0 Å². The number of urea groups is 1. The number of hydrogen-bond acceptors (Lipinski definition) is 5. The lowest BCUT2D eigenvalue weighted by Crippen LogP contribution is -2.33. The highest BCUT2D eigenvalue weighted by molar-refractivity contribution is 6.04. The fourth-order valence-electron chi connectivity index (χ4n) is 3.66. The maximum Gasteiger partial charge on any atom is 0.323 e. The summed E-state index contributed by atoms with van der Waals surface area (Å²) in [4.78, 5) is 27.6. The molecule has 0 aliphatic carbocycles. The Bertz CT molecular complexity index is 895. The lowest BCUT2D eigenvalue weighted by molar-refractivity contribution is 0.0937. The van der Waals surface area contributed by atoms with E-state index in [1.165, 1.54) is 6.42 Å². The third kappa shape index (κ3) is 6.62. The number of methoxy groups -OCH3 is 1. The van der Waals surface area contributed by atoms with Gasteiger partial charge in [0.05, 0.1) is 18.8 Å². The molecule has 1 heterocycles. The zero-order valence-corrected chi connectivity index (χ0v) is 18.8. The number of amides is 3. The first-order valence-electron chi connectivity index (χ1n) is 11.1. The molecule has 32 heavy (non-hydrogen) atoms. The predicted molar refractivity (Wildman–Crippen MR) is 127 cm³/mol. The molecule has 0 radical (unpaired) electrons. The van der Waals surface area contributed by atoms with Crippen molar-refractivity contribution in [2.24, 2.45) is 0 Å². The van der Waals surface area contributed by atoms with Crippen LogP contribution < -0.4 is 25.6 Å². The molecule has 1 aliphatic heterocycles. The summed E-state index contributed by atoms with van der Waals surface area (Å²) in [5.74, 6) is 0.564. The molecule has 1 saturated heterocycles. The number of benzene rings is 2. The Morgan fingerprint density at radius 2 is 1.66 bits per heavy atom. The fraction of sp³-hybridized carbons (Fsp3) is 0.417. The fourth-order valence-corrected chi connectivity index (χ4v) is 3.66. The monoisotopic (exact) mass is 440 g/mol. The third-order valence-electron chi connectivity index (χ3n) is 5.21. The van der Waals surface area contributed by atoms with Crippen molar-refractivity contribution in [2.45, 2.75) is 26.2 Å². The molecule has 0 atom stereocenters. The summed E-state index contributed by atoms with van der Waals surface area (Å²) < 4.78 is 10.4. The van der Waals surface area contributed by atoms with Crippen LogP contribution in [0.4, 0.5) is 21.9 Å². The highest BCUT2D eigenvalue weighted by Gasteiger charge is 2.19. The second-order valence-corrected chi connectivity index (χ2v) is 7.56. The number of ether oxygens (including phenoxy) is 2. The van der Waals surface area contributed by atoms with Crippen LogP contribution >= 0.6 is 0 Å². The van der Waals surface area contributed by atoms with E-state index in [2.05, 4.69) is 20.9 Å². The first-order chi connectivity index (χ1) is 15.6. The van der Waals surface area contributed by atoms with E-state index in [4.69, 9.17) is 9.47 Å². The molecule has 1 aliphatic rings. The van der Waals surface area contributed by atoms with Crippen molar-refractivity contribution in [1.29, 1.82) is 0 Å². The molecule has 3 rings (SSSR count). The zero-order valence-electron chi connectivity index (χ0n) is 18.8. The van der Waals surface area contributed by atoms with E-state index < -0.39 is 0 Å². The van der Waals surface area contributed by atoms with Gasteiger partial charge in [-0.2, -0.15) is 0 Å². The van der Waals surface area contributed by atoms with Crippen LogP contribution in [0.3, 0.4) is 0 Å². The highest BCUT2D eigenvalue weighted by Crippen LogP contribution is 2.27. The number of piperidine rings is 1. The van der Waals surface area contributed by atoms with Gasteiger partial charge in [0.25, 0.3) is 5.91 Å². The normalized spacial score (nSPS) is 13.4. The number of rotatable bonds is 9. The molecule has 8 heteroatoms. The molecule has 0 saturated carbocycles. The molecule has 2 aromatic rings. The number of nitrogens with zero attached hydrogens (tertiary/aromatic N) is 1. The Labute approximate surface area is 189 Å². The van der Waals surface area contributed by atoms with Crippen LogP contribution in [0, 0.1) is 0 Å². The second kappa shape index (κ2) is 12.0. The Balaban J connectivity index is 1.71. The highest BCUT2D eigenvalue weighted by atomic mass is 16.5. The summed E-state index contributed by atoms with van der Waals surface area (Å²) >= 11 is 0. The van der Waals surface area contributed by atoms with Crippen LogP contribution in [0.2, 0.25) is 0 Å². The first-order valence-corrected chi connectivity index (χ1v) is 11.1. The Hall–Kier alpha value is -3.26. The van der Waals surface area contributed by atoms with Crippen molar-refractivity contribution in [3.8, 4) is 5.75 Å². The lowest BCUT2D eigenvalue weighted by atomic mass is 10.1. The summed E-state index contributed by atoms with van der Waals surface area (Å²) in [7, 11) is 1.60. The minimum atomic E-state index is -0.384. The second-order valence-electron chi connectivity index (χ2n) is 7.56. The van der Waals surface area contributed by atoms with Crippen molar-refractivity contribution in [1.82, 2.24) is 5.32 Å². The lowest BCUT2D eigenvalue weighted by Gasteiger charge is -2.30. The molecule has 0 spiro atoms. The number of carbonyl (C=O) groups is 2. The molecular formula is C24H32N4O4. The van der Waals surface area contributed by atoms with E-state index in [-0.39, 0.29) is 11.9 Å². The Morgan fingerprint density at radius 3 is 2.34 bits per heavy atom. The van der Waals surface area contributed by atoms with Crippen LogP contribution in [0.25, 0.3) is 0 Å². The summed E-state index contributed by atoms with van der Waals surface area (Å²) in [5.41, 5.74) is 2.62. The minimum absolute atomic E-state index is 0.182. The van der Waals surface area contributed by atoms with Crippen LogP contribution in [0.5, 0.6) is 5.75 Å². The molecule has 2 aromatic carbocycles. The Kier molecular flexibility index (Phi) is 8.74. The van der Waals surface area contributed by atoms with Gasteiger partial charge in [-0.15, -0.1) is 0 Å². The van der Waals surface area contributed by atoms with Gasteiger partial charge in [0.2, 0.25) is 0 Å². The van der Waals surface area contributed by atoms with E-state index >= 15 is 0 Å². The molecular weight excluding hydrogens is 408 g/mol. The van der Waals surface area contributed by atoms with Crippen LogP contribution in [-0.4, -0.2) is 51.9 Å². The van der Waals surface area contributed by atoms with E-state index in [1.807, 2.05) is 19.1 Å². The third-order valence-corrected chi connectivity index (χ3v) is 5.21. The maximum atomic E-state index is 12.9. The van der Waals surface area contributed by atoms with Gasteiger partial charge in [-0.1, -0.05) is 0 Å². The quantitative estimate of drug-likeness (QED) is 0.511. The summed E-state index contributed by atoms with van der Waals surface area (Å²) in [6.45, 7) is 5.20. The van der Waals surface area contributed by atoms with Gasteiger partial charge in [0.1, 0.15) is 5.75 Å². The number of hydrogen-bond donors (Lipinski definition) is 3. The van der Waals surface area contributed by atoms with Gasteiger partial charge in [-0.3, -0.25) is 4.79 Å². The largest absolute Gasteiger partial charge is 0.494 e. The van der Waals surface area contributed by atoms with Gasteiger partial charge < -0.3 is 30.3 Å². The molecule has 8 nitrogen and oxygen atoms in total. The van der Waals surface area contributed by atoms with Crippen LogP contribution in [0.1, 0.15) is 36.5 Å². The number of carbonyl (C=O) groups excluding carboxylic acids is 2. The van der Waals surface area contributed by atoms with Crippen molar-refractivity contribution >= 4 is 29.0 Å². The van der Waals surface area contributed by atoms with Gasteiger partial charge in [-0.25, -0.2) is 4.79 Å². The average Bonchev–Trinajstić information content (AvgIpc) is 2.81. The molecule has 3 amide bonds. The van der Waals surface area contributed by atoms with Gasteiger partial charge in [0.15, 0.2) is 0 Å². The van der Waals surface area contributed by atoms with E-state index in [0.717, 1.165) is 37.4 Å². The SMILES string of the molecule is CCOc1ccc(NC(=O)Nc2ccc(N3CCCCC3)c(C(=O)NCCOC)c2)cc1. The summed E-state index contributed by atoms with van der Waals surface area (Å²) in [5, 5.41) is 8.50. The first kappa shape index (κ1) is 23.4. The standard InChI is InChI=1S/C24H32N4O4/c1-3-32-20-10-7-18(8-11-20)26-24(30)27-19-9-12-22(28-14-5-4-6-15-28)21(17-19)23(29)25-13-16-31-2/h7-12,17H,3-6,13-16H2,1-2H3,(H,25,29)(H2,26,27,30). The van der Waals surface area contributed by atoms with Crippen molar-refractivity contribution < 1.29 is 19.1 Å².